The number of carbonyl (C=O) groups is 1. The first-order chi connectivity index (χ1) is 6.77. The maximum absolute atomic E-state index is 11.7. The minimum atomic E-state index is -0.276. The highest BCUT2D eigenvalue weighted by atomic mass is 32.1. The van der Waals surface area contributed by atoms with Crippen LogP contribution in [0.2, 0.25) is 0 Å². The molecule has 1 atom stereocenters. The minimum Gasteiger partial charge on any atom is -0.337 e. The number of amides is 1. The summed E-state index contributed by atoms with van der Waals surface area (Å²) in [4.78, 5) is 13.5. The normalized spacial score (nSPS) is 22.8. The molecule has 2 N–H and O–H groups in total. The number of likely N-dealkylation sites (tertiary alicyclic amines) is 1. The van der Waals surface area contributed by atoms with Crippen molar-refractivity contribution in [2.24, 2.45) is 5.73 Å². The lowest BCUT2D eigenvalue weighted by molar-refractivity contribution is -0.135. The fraction of sp³-hybridized carbons (Fsp3) is 0.500. The van der Waals surface area contributed by atoms with Gasteiger partial charge in [0.1, 0.15) is 0 Å². The number of nitrogens with two attached hydrogens (primary N) is 1. The van der Waals surface area contributed by atoms with Crippen LogP contribution in [0.3, 0.4) is 0 Å². The molecule has 1 saturated heterocycles. The molecule has 1 unspecified atom stereocenters. The maximum Gasteiger partial charge on any atom is 0.239 e. The second kappa shape index (κ2) is 4.11. The predicted octanol–water partition coefficient (Wildman–Crippen LogP) is 1.20. The molecule has 1 aromatic heterocycles. The number of carbonyl (C=O) groups excluding carboxylic acids is 1. The van der Waals surface area contributed by atoms with Crippen LogP contribution in [0.5, 0.6) is 0 Å². The van der Waals surface area contributed by atoms with Crippen molar-refractivity contribution in [3.05, 3.63) is 22.4 Å². The molecule has 0 spiro atoms. The molecular formula is C10H14N2OS. The third kappa shape index (κ3) is 1.96. The predicted molar refractivity (Wildman–Crippen MR) is 56.9 cm³/mol. The molecule has 0 radical (unpaired) electrons. The van der Waals surface area contributed by atoms with Gasteiger partial charge >= 0.3 is 0 Å². The van der Waals surface area contributed by atoms with Gasteiger partial charge in [-0.15, -0.1) is 0 Å². The number of rotatable bonds is 2. The van der Waals surface area contributed by atoms with Crippen molar-refractivity contribution in [3.8, 4) is 0 Å². The average Bonchev–Trinajstić information content (AvgIpc) is 2.66. The summed E-state index contributed by atoms with van der Waals surface area (Å²) in [5.74, 6) is 0.0995. The van der Waals surface area contributed by atoms with E-state index in [0.29, 0.717) is 0 Å². The summed E-state index contributed by atoms with van der Waals surface area (Å²) >= 11 is 1.66. The Morgan fingerprint density at radius 3 is 3.21 bits per heavy atom. The van der Waals surface area contributed by atoms with Crippen molar-refractivity contribution in [1.82, 2.24) is 4.90 Å². The largest absolute Gasteiger partial charge is 0.337 e. The Morgan fingerprint density at radius 1 is 1.64 bits per heavy atom. The lowest BCUT2D eigenvalue weighted by Gasteiger charge is -2.30. The molecule has 4 heteroatoms. The summed E-state index contributed by atoms with van der Waals surface area (Å²) in [5, 5.41) is 4.11. The topological polar surface area (TPSA) is 46.3 Å². The average molecular weight is 210 g/mol. The molecule has 1 amide bonds. The van der Waals surface area contributed by atoms with Crippen LogP contribution in [0.1, 0.15) is 18.4 Å². The van der Waals surface area contributed by atoms with E-state index in [2.05, 4.69) is 11.4 Å². The molecule has 1 fully saturated rings. The Bertz CT molecular complexity index is 310. The van der Waals surface area contributed by atoms with Gasteiger partial charge in [-0.25, -0.2) is 0 Å². The zero-order valence-corrected chi connectivity index (χ0v) is 8.80. The van der Waals surface area contributed by atoms with Crippen LogP contribution >= 0.6 is 11.3 Å². The van der Waals surface area contributed by atoms with Crippen LogP contribution < -0.4 is 5.73 Å². The van der Waals surface area contributed by atoms with E-state index in [1.165, 1.54) is 5.56 Å². The smallest absolute Gasteiger partial charge is 0.239 e. The molecule has 1 aliphatic rings. The molecule has 76 valence electrons. The van der Waals surface area contributed by atoms with Gasteiger partial charge < -0.3 is 10.6 Å². The van der Waals surface area contributed by atoms with E-state index in [-0.39, 0.29) is 11.9 Å². The molecule has 0 bridgehead atoms. The standard InChI is InChI=1S/C10H14N2OS/c11-9-2-1-4-12(10(9)13)6-8-3-5-14-7-8/h3,5,7,9H,1-2,4,6,11H2. The summed E-state index contributed by atoms with van der Waals surface area (Å²) in [6.45, 7) is 1.57. The Balaban J connectivity index is 2.00. The SMILES string of the molecule is NC1CCCN(Cc2ccsc2)C1=O. The first-order valence-electron chi connectivity index (χ1n) is 4.83. The molecule has 0 aromatic carbocycles. The number of nitrogens with zero attached hydrogens (tertiary/aromatic N) is 1. The van der Waals surface area contributed by atoms with Gasteiger partial charge in [-0.1, -0.05) is 0 Å². The molecule has 2 rings (SSSR count). The van der Waals surface area contributed by atoms with Crippen LogP contribution in [-0.2, 0) is 11.3 Å². The summed E-state index contributed by atoms with van der Waals surface area (Å²) < 4.78 is 0. The molecule has 14 heavy (non-hydrogen) atoms. The van der Waals surface area contributed by atoms with E-state index >= 15 is 0 Å². The fourth-order valence-electron chi connectivity index (χ4n) is 1.73. The zero-order chi connectivity index (χ0) is 9.97. The fourth-order valence-corrected chi connectivity index (χ4v) is 2.39. The lowest BCUT2D eigenvalue weighted by Crippen LogP contribution is -2.47. The quantitative estimate of drug-likeness (QED) is 0.797. The minimum absolute atomic E-state index is 0.0995. The molecule has 3 nitrogen and oxygen atoms in total. The van der Waals surface area contributed by atoms with Crippen molar-refractivity contribution in [2.75, 3.05) is 6.54 Å². The van der Waals surface area contributed by atoms with E-state index in [1.54, 1.807) is 11.3 Å². The summed E-state index contributed by atoms with van der Waals surface area (Å²) in [6.07, 6.45) is 1.86. The molecule has 0 aliphatic carbocycles. The molecule has 1 aliphatic heterocycles. The van der Waals surface area contributed by atoms with Crippen LogP contribution in [0.25, 0.3) is 0 Å². The van der Waals surface area contributed by atoms with Crippen molar-refractivity contribution >= 4 is 17.2 Å². The summed E-state index contributed by atoms with van der Waals surface area (Å²) in [5.41, 5.74) is 6.91. The van der Waals surface area contributed by atoms with Crippen LogP contribution in [0.4, 0.5) is 0 Å². The van der Waals surface area contributed by atoms with Gasteiger partial charge in [0.15, 0.2) is 0 Å². The first kappa shape index (κ1) is 9.68. The van der Waals surface area contributed by atoms with E-state index in [0.717, 1.165) is 25.9 Å². The second-order valence-corrected chi connectivity index (χ2v) is 4.42. The molecule has 2 heterocycles. The van der Waals surface area contributed by atoms with E-state index in [1.807, 2.05) is 10.3 Å². The van der Waals surface area contributed by atoms with Crippen molar-refractivity contribution in [1.29, 1.82) is 0 Å². The van der Waals surface area contributed by atoms with Crippen LogP contribution in [0.15, 0.2) is 16.8 Å². The molecular weight excluding hydrogens is 196 g/mol. The maximum atomic E-state index is 11.7. The molecule has 1 aromatic rings. The van der Waals surface area contributed by atoms with Crippen LogP contribution in [0, 0.1) is 0 Å². The summed E-state index contributed by atoms with van der Waals surface area (Å²) in [6, 6.07) is 1.78. The summed E-state index contributed by atoms with van der Waals surface area (Å²) in [7, 11) is 0. The van der Waals surface area contributed by atoms with Crippen molar-refractivity contribution in [2.45, 2.75) is 25.4 Å². The van der Waals surface area contributed by atoms with Crippen molar-refractivity contribution < 1.29 is 4.79 Å². The first-order valence-corrected chi connectivity index (χ1v) is 5.77. The van der Waals surface area contributed by atoms with Gasteiger partial charge in [-0.05, 0) is 35.2 Å². The van der Waals surface area contributed by atoms with Gasteiger partial charge in [-0.2, -0.15) is 11.3 Å². The number of piperidine rings is 1. The van der Waals surface area contributed by atoms with Gasteiger partial charge in [0.25, 0.3) is 0 Å². The van der Waals surface area contributed by atoms with Gasteiger partial charge in [0.05, 0.1) is 6.04 Å². The third-order valence-electron chi connectivity index (χ3n) is 2.53. The Kier molecular flexibility index (Phi) is 2.84. The lowest BCUT2D eigenvalue weighted by atomic mass is 10.1. The van der Waals surface area contributed by atoms with Gasteiger partial charge in [0, 0.05) is 13.1 Å². The molecule has 0 saturated carbocycles. The van der Waals surface area contributed by atoms with E-state index < -0.39 is 0 Å². The van der Waals surface area contributed by atoms with Gasteiger partial charge in [-0.3, -0.25) is 4.79 Å². The second-order valence-electron chi connectivity index (χ2n) is 3.64. The number of hydrogen-bond acceptors (Lipinski definition) is 3. The number of thiophene rings is 1. The highest BCUT2D eigenvalue weighted by Crippen LogP contribution is 2.15. The number of hydrogen-bond donors (Lipinski definition) is 1. The zero-order valence-electron chi connectivity index (χ0n) is 7.98. The van der Waals surface area contributed by atoms with Crippen molar-refractivity contribution in [3.63, 3.8) is 0 Å². The monoisotopic (exact) mass is 210 g/mol. The highest BCUT2D eigenvalue weighted by Gasteiger charge is 2.25. The third-order valence-corrected chi connectivity index (χ3v) is 3.26. The Morgan fingerprint density at radius 2 is 2.50 bits per heavy atom. The van der Waals surface area contributed by atoms with E-state index in [9.17, 15) is 4.79 Å². The Hall–Kier alpha value is -0.870. The van der Waals surface area contributed by atoms with E-state index in [4.69, 9.17) is 5.73 Å². The Labute approximate surface area is 87.5 Å². The van der Waals surface area contributed by atoms with Gasteiger partial charge in [0.2, 0.25) is 5.91 Å². The highest BCUT2D eigenvalue weighted by molar-refractivity contribution is 7.07. The van der Waals surface area contributed by atoms with Crippen LogP contribution in [-0.4, -0.2) is 23.4 Å².